The van der Waals surface area contributed by atoms with Gasteiger partial charge >= 0.3 is 12.2 Å². The van der Waals surface area contributed by atoms with Gasteiger partial charge in [-0.2, -0.15) is 13.2 Å². The van der Waals surface area contributed by atoms with E-state index in [1.807, 2.05) is 0 Å². The fourth-order valence-corrected chi connectivity index (χ4v) is 3.98. The number of hydrogen-bond donors (Lipinski definition) is 3. The van der Waals surface area contributed by atoms with Crippen LogP contribution in [0.4, 0.5) is 23.7 Å². The number of furan rings is 1. The van der Waals surface area contributed by atoms with Gasteiger partial charge < -0.3 is 20.2 Å². The minimum Gasteiger partial charge on any atom is -0.459 e. The van der Waals surface area contributed by atoms with Gasteiger partial charge in [-0.1, -0.05) is 42.0 Å². The predicted octanol–water partition coefficient (Wildman–Crippen LogP) is 4.27. The van der Waals surface area contributed by atoms with Crippen LogP contribution in [0, 0.1) is 23.0 Å². The van der Waals surface area contributed by atoms with E-state index in [2.05, 4.69) is 5.32 Å². The number of urea groups is 1. The summed E-state index contributed by atoms with van der Waals surface area (Å²) in [5.41, 5.74) is -3.58. The van der Waals surface area contributed by atoms with Crippen molar-refractivity contribution in [1.29, 1.82) is 0 Å². The Morgan fingerprint density at radius 2 is 1.77 bits per heavy atom. The summed E-state index contributed by atoms with van der Waals surface area (Å²) in [6.45, 7) is 1.72. The van der Waals surface area contributed by atoms with E-state index in [-0.39, 0.29) is 28.3 Å². The van der Waals surface area contributed by atoms with Crippen LogP contribution >= 0.6 is 0 Å². The Morgan fingerprint density at radius 3 is 2.40 bits per heavy atom. The minimum absolute atomic E-state index is 0.0384. The van der Waals surface area contributed by atoms with Gasteiger partial charge in [-0.3, -0.25) is 14.9 Å². The van der Waals surface area contributed by atoms with Crippen LogP contribution in [0.1, 0.15) is 27.7 Å². The average Bonchev–Trinajstić information content (AvgIpc) is 3.28. The molecule has 1 aromatic heterocycles. The van der Waals surface area contributed by atoms with Gasteiger partial charge in [0.2, 0.25) is 5.72 Å². The fraction of sp³-hybridized carbons (Fsp3) is 0.217. The summed E-state index contributed by atoms with van der Waals surface area (Å²) in [5, 5.41) is 25.7. The van der Waals surface area contributed by atoms with Crippen molar-refractivity contribution in [2.75, 3.05) is 0 Å². The fourth-order valence-electron chi connectivity index (χ4n) is 3.98. The number of hydrogen-bond acceptors (Lipinski definition) is 6. The summed E-state index contributed by atoms with van der Waals surface area (Å²) in [5.74, 6) is -3.77. The van der Waals surface area contributed by atoms with Crippen LogP contribution in [0.3, 0.4) is 0 Å². The average molecular weight is 489 g/mol. The second kappa shape index (κ2) is 8.55. The minimum atomic E-state index is -5.43. The number of amides is 2. The van der Waals surface area contributed by atoms with Gasteiger partial charge in [0.05, 0.1) is 10.5 Å². The molecule has 12 heteroatoms. The molecular formula is C23H18F3N3O6. The number of nitrogens with one attached hydrogen (secondary N) is 2. The Balaban J connectivity index is 1.83. The number of alkyl halides is 3. The van der Waals surface area contributed by atoms with Crippen molar-refractivity contribution in [3.63, 3.8) is 0 Å². The smallest absolute Gasteiger partial charge is 0.437 e. The van der Waals surface area contributed by atoms with Gasteiger partial charge in [0, 0.05) is 11.6 Å². The Bertz CT molecular complexity index is 1300. The summed E-state index contributed by atoms with van der Waals surface area (Å²) < 4.78 is 47.7. The van der Waals surface area contributed by atoms with Gasteiger partial charge in [0.1, 0.15) is 23.5 Å². The summed E-state index contributed by atoms with van der Waals surface area (Å²) in [7, 11) is 0. The number of carbonyl (C=O) groups is 2. The van der Waals surface area contributed by atoms with Crippen LogP contribution in [0.25, 0.3) is 11.3 Å². The van der Waals surface area contributed by atoms with E-state index in [1.54, 1.807) is 6.92 Å². The van der Waals surface area contributed by atoms with Crippen LogP contribution < -0.4 is 10.6 Å². The van der Waals surface area contributed by atoms with E-state index >= 15 is 0 Å². The summed E-state index contributed by atoms with van der Waals surface area (Å²) in [6, 6.07) is 10.5. The van der Waals surface area contributed by atoms with Crippen molar-refractivity contribution in [3.8, 4) is 11.3 Å². The summed E-state index contributed by atoms with van der Waals surface area (Å²) in [4.78, 5) is 36.2. The number of rotatable bonds is 5. The highest BCUT2D eigenvalue weighted by atomic mass is 19.4. The third-order valence-electron chi connectivity index (χ3n) is 5.72. The molecule has 0 unspecified atom stereocenters. The zero-order chi connectivity index (χ0) is 25.5. The topological polar surface area (TPSA) is 135 Å². The molecule has 1 fully saturated rings. The number of halogens is 3. The molecule has 2 heterocycles. The zero-order valence-electron chi connectivity index (χ0n) is 18.0. The highest BCUT2D eigenvalue weighted by Crippen LogP contribution is 2.45. The lowest BCUT2D eigenvalue weighted by Gasteiger charge is -2.44. The Labute approximate surface area is 195 Å². The van der Waals surface area contributed by atoms with Crippen molar-refractivity contribution in [3.05, 3.63) is 87.7 Å². The Hall–Kier alpha value is -4.19. The first-order chi connectivity index (χ1) is 16.4. The second-order valence-electron chi connectivity index (χ2n) is 8.02. The number of Topliss-reactive ketones (excluding diaryl/α,β-unsaturated/α-hetero) is 1. The molecule has 0 aliphatic carbocycles. The lowest BCUT2D eigenvalue weighted by molar-refractivity contribution is -0.384. The molecule has 35 heavy (non-hydrogen) atoms. The van der Waals surface area contributed by atoms with Crippen molar-refractivity contribution >= 4 is 17.5 Å². The van der Waals surface area contributed by atoms with Crippen LogP contribution in [-0.2, 0) is 0 Å². The maximum absolute atomic E-state index is 14.0. The number of benzene rings is 2. The number of ketones is 1. The van der Waals surface area contributed by atoms with E-state index in [9.17, 15) is 38.0 Å². The van der Waals surface area contributed by atoms with Gasteiger partial charge in [-0.15, -0.1) is 0 Å². The van der Waals surface area contributed by atoms with E-state index < -0.39 is 40.6 Å². The lowest BCUT2D eigenvalue weighted by Crippen LogP contribution is -2.72. The quantitative estimate of drug-likeness (QED) is 0.278. The normalized spacial score (nSPS) is 22.3. The van der Waals surface area contributed by atoms with Crippen LogP contribution in [0.5, 0.6) is 0 Å². The molecule has 3 atom stereocenters. The first-order valence-corrected chi connectivity index (χ1v) is 10.2. The van der Waals surface area contributed by atoms with E-state index in [0.717, 1.165) is 5.56 Å². The molecule has 0 spiro atoms. The number of aryl methyl sites for hydroxylation is 1. The second-order valence-corrected chi connectivity index (χ2v) is 8.02. The van der Waals surface area contributed by atoms with Crippen molar-refractivity contribution in [2.24, 2.45) is 5.92 Å². The molecule has 1 saturated heterocycles. The lowest BCUT2D eigenvalue weighted by atomic mass is 9.79. The molecule has 3 aromatic rings. The SMILES string of the molecule is Cc1ccc(C(=O)[C@@H]2[C@H](c3ccc(-c4ccccc4[N+](=O)[O-])o3)NC(=O)N[C@@]2(O)C(F)(F)F)cc1. The van der Waals surface area contributed by atoms with Crippen LogP contribution in [-0.4, -0.2) is 33.7 Å². The third kappa shape index (κ3) is 4.23. The van der Waals surface area contributed by atoms with Crippen LogP contribution in [0.2, 0.25) is 0 Å². The molecule has 0 bridgehead atoms. The van der Waals surface area contributed by atoms with Gasteiger partial charge in [0.25, 0.3) is 5.69 Å². The number of para-hydroxylation sites is 1. The number of aliphatic hydroxyl groups is 1. The summed E-state index contributed by atoms with van der Waals surface area (Å²) >= 11 is 0. The van der Waals surface area contributed by atoms with Crippen molar-refractivity contribution in [1.82, 2.24) is 10.6 Å². The first-order valence-electron chi connectivity index (χ1n) is 10.2. The molecule has 1 aliphatic rings. The van der Waals surface area contributed by atoms with Crippen molar-refractivity contribution in [2.45, 2.75) is 24.9 Å². The molecule has 3 N–H and O–H groups in total. The number of nitrogens with zero attached hydrogens (tertiary/aromatic N) is 1. The molecule has 1 aliphatic heterocycles. The molecular weight excluding hydrogens is 471 g/mol. The molecule has 2 aromatic carbocycles. The number of nitro benzene ring substituents is 1. The molecule has 4 rings (SSSR count). The summed E-state index contributed by atoms with van der Waals surface area (Å²) in [6.07, 6.45) is -5.43. The highest BCUT2D eigenvalue weighted by Gasteiger charge is 2.66. The largest absolute Gasteiger partial charge is 0.459 e. The van der Waals surface area contributed by atoms with Gasteiger partial charge in [-0.05, 0) is 25.1 Å². The highest BCUT2D eigenvalue weighted by molar-refractivity contribution is 6.00. The Kier molecular flexibility index (Phi) is 5.85. The Morgan fingerprint density at radius 1 is 1.11 bits per heavy atom. The molecule has 2 amide bonds. The molecule has 0 saturated carbocycles. The molecule has 0 radical (unpaired) electrons. The molecule has 182 valence electrons. The monoisotopic (exact) mass is 489 g/mol. The standard InChI is InChI=1S/C23H18F3N3O6/c1-12-6-8-13(9-7-12)20(30)18-19(27-21(31)28-22(18,32)23(24,25)26)17-11-10-16(35-17)14-4-2-3-5-15(14)29(33)34/h2-11,18-19,32H,1H3,(H2,27,28,31)/t18-,19-,22-/m0/s1. The third-order valence-corrected chi connectivity index (χ3v) is 5.72. The first kappa shape index (κ1) is 24.0. The van der Waals surface area contributed by atoms with E-state index in [0.29, 0.717) is 0 Å². The number of nitro groups is 1. The predicted molar refractivity (Wildman–Crippen MR) is 115 cm³/mol. The maximum Gasteiger partial charge on any atom is 0.437 e. The van der Waals surface area contributed by atoms with E-state index in [1.165, 1.54) is 66.0 Å². The zero-order valence-corrected chi connectivity index (χ0v) is 18.0. The van der Waals surface area contributed by atoms with E-state index in [4.69, 9.17) is 4.42 Å². The number of carbonyl (C=O) groups excluding carboxylic acids is 2. The maximum atomic E-state index is 14.0. The van der Waals surface area contributed by atoms with Gasteiger partial charge in [0.15, 0.2) is 5.78 Å². The van der Waals surface area contributed by atoms with Crippen LogP contribution in [0.15, 0.2) is 65.1 Å². The molecule has 9 nitrogen and oxygen atoms in total. The van der Waals surface area contributed by atoms with Crippen molar-refractivity contribution < 1.29 is 37.2 Å². The van der Waals surface area contributed by atoms with Gasteiger partial charge in [-0.25, -0.2) is 4.79 Å².